The molecule has 0 aliphatic carbocycles. The average molecular weight is 1960 g/mol. The first-order valence-corrected chi connectivity index (χ1v) is 44.7. The minimum Gasteiger partial charge on any atom is -0.481 e. The zero-order valence-electron chi connectivity index (χ0n) is 77.1. The number of aromatic nitrogens is 4. The molecule has 54 nitrogen and oxygen atoms in total. The molecular formula is C86H119N27O27. The summed E-state index contributed by atoms with van der Waals surface area (Å²) in [4.78, 5) is 322. The molecule has 0 spiro atoms. The molecule has 5 aromatic rings. The molecule has 19 amide bonds. The second kappa shape index (κ2) is 51.5. The Morgan fingerprint density at radius 2 is 1.18 bits per heavy atom. The number of aliphatic hydroxyl groups is 3. The fourth-order valence-electron chi connectivity index (χ4n) is 15.6. The summed E-state index contributed by atoms with van der Waals surface area (Å²) in [5.74, 6) is -28.1. The predicted octanol–water partition coefficient (Wildman–Crippen LogP) is -11.5. The van der Waals surface area contributed by atoms with E-state index < -0.39 is 303 Å². The molecule has 54 heteroatoms. The third-order valence-electron chi connectivity index (χ3n) is 23.0. The van der Waals surface area contributed by atoms with Crippen LogP contribution in [0.5, 0.6) is 0 Å². The molecule has 3 aromatic heterocycles. The van der Waals surface area contributed by atoms with Gasteiger partial charge in [0.05, 0.1) is 63.3 Å². The number of aliphatic hydroxyl groups excluding tert-OH is 3. The number of nitrogens with zero attached hydrogens (tertiary/aromatic N) is 3. The van der Waals surface area contributed by atoms with Crippen LogP contribution in [0.25, 0.3) is 21.8 Å². The lowest BCUT2D eigenvalue weighted by Gasteiger charge is -2.30. The number of guanidine groups is 1. The van der Waals surface area contributed by atoms with Crippen molar-refractivity contribution in [3.05, 3.63) is 90.3 Å². The van der Waals surface area contributed by atoms with Crippen molar-refractivity contribution in [2.75, 3.05) is 45.9 Å². The van der Waals surface area contributed by atoms with Crippen LogP contribution in [0.15, 0.2) is 73.4 Å². The van der Waals surface area contributed by atoms with Crippen LogP contribution < -0.4 is 108 Å². The molecule has 8 rings (SSSR count). The van der Waals surface area contributed by atoms with E-state index in [1.54, 1.807) is 48.5 Å². The van der Waals surface area contributed by atoms with E-state index in [9.17, 15) is 121 Å². The van der Waals surface area contributed by atoms with Crippen molar-refractivity contribution < 1.29 is 131 Å². The molecule has 18 atom stereocenters. The van der Waals surface area contributed by atoms with Gasteiger partial charge >= 0.3 is 11.9 Å². The molecule has 6 heterocycles. The van der Waals surface area contributed by atoms with Crippen molar-refractivity contribution in [3.8, 4) is 0 Å². The first kappa shape index (κ1) is 110. The summed E-state index contributed by atoms with van der Waals surface area (Å²) in [6, 6.07) is -15.3. The van der Waals surface area contributed by atoms with Gasteiger partial charge in [-0.1, -0.05) is 50.2 Å². The normalized spacial score (nSPS) is 21.3. The fourth-order valence-corrected chi connectivity index (χ4v) is 15.6. The minimum atomic E-state index is -2.44. The zero-order chi connectivity index (χ0) is 103. The summed E-state index contributed by atoms with van der Waals surface area (Å²) in [6.07, 6.45) is -2.66. The van der Waals surface area contributed by atoms with Crippen molar-refractivity contribution >= 4 is 158 Å². The number of primary amides is 1. The number of nitrogens with one attached hydrogen (secondary N) is 21. The number of hydrogen-bond donors (Lipinski definition) is 29. The number of likely N-dealkylation sites (tertiary alicyclic amines) is 1. The first-order valence-electron chi connectivity index (χ1n) is 44.7. The van der Waals surface area contributed by atoms with Gasteiger partial charge in [-0.15, -0.1) is 0 Å². The summed E-state index contributed by atoms with van der Waals surface area (Å²) in [7, 11) is 0. The van der Waals surface area contributed by atoms with Crippen LogP contribution in [0.4, 0.5) is 0 Å². The highest BCUT2D eigenvalue weighted by molar-refractivity contribution is 6.10. The van der Waals surface area contributed by atoms with E-state index in [0.29, 0.717) is 32.9 Å². The molecule has 3 saturated heterocycles. The van der Waals surface area contributed by atoms with Gasteiger partial charge in [-0.3, -0.25) is 111 Å². The molecule has 0 bridgehead atoms. The fraction of sp³-hybridized carbons (Fsp3) is 0.512. The molecule has 760 valence electrons. The Morgan fingerprint density at radius 3 is 1.78 bits per heavy atom. The lowest BCUT2D eigenvalue weighted by Crippen LogP contribution is -2.62. The van der Waals surface area contributed by atoms with Crippen LogP contribution in [0.2, 0.25) is 0 Å². The number of ketones is 1. The third kappa shape index (κ3) is 31.5. The number of benzene rings is 2. The van der Waals surface area contributed by atoms with Crippen LogP contribution in [-0.2, 0) is 125 Å². The third-order valence-corrected chi connectivity index (χ3v) is 23.0. The molecule has 0 radical (unpaired) electrons. The Balaban J connectivity index is 1.02. The largest absolute Gasteiger partial charge is 0.481 e. The molecule has 4 unspecified atom stereocenters. The number of Topliss-reactive ketones (excluding diaryl/α,β-unsaturated/α-hetero) is 1. The number of carbonyl (C=O) groups excluding carboxylic acids is 20. The van der Waals surface area contributed by atoms with Crippen LogP contribution in [0.3, 0.4) is 0 Å². The topological polar surface area (TPSA) is 850 Å². The Labute approximate surface area is 797 Å². The number of hydrogen-bond acceptors (Lipinski definition) is 28. The number of nitrogens with two attached hydrogens (primary N) is 3. The summed E-state index contributed by atoms with van der Waals surface area (Å²) >= 11 is 0. The lowest BCUT2D eigenvalue weighted by molar-refractivity contribution is -0.145. The standard InChI is InChI=1S/C86H119N27O27/c1-38(2)67(81(135)111-68(41(5)115)80(134)97-34-62(119)101-50(18-11-21-92-86(89)90)70(124)95-33-63(120)102-56(29-65(122)123)75(129)108-57(36-114)84(138)113-23-13-19-58(113)77(131)100-40(4)85(139)140)110-76(130)52(25-44-31-94-49-17-10-8-15-47(44)49)104-73(127)54-27-60(117)66(88)79(133)107-55(28-61(87)118)74(128)103-51(24-43-30-93-48-16-9-7-14-46(43)48)72(126)105-53(26-45-32-91-37-98-45)71(125)96-35-64(121)109-69(42(6)116)82(136)99-39(3)83(137)112-22-12-20-59(112)78(132)106-54/h7-10,14-17,30-32,37-42,50-59,66-69,93-94,114-116H,11-13,18-29,33-36,88H2,1-6H3,(H2,87,118)(H,91,98)(H,95,124)(H,96,125)(H,97,134)(H,99,136)(H,100,131)(H,101,119)(H,102,120)(H,103,128)(H,104,127)(H,105,126)(H,106,132)(H,107,133)(H,108,129)(H,109,121)(H,110,130)(H,111,135)(H,122,123)(H,139,140)(H4,89,90,92)/t39-,40-,41+,42+,50-,51-,52-,53?,54?,55-,56-,57-,58-,59-,66?,67-,68-,69?/m0/s1. The highest BCUT2D eigenvalue weighted by atomic mass is 16.4. The molecule has 140 heavy (non-hydrogen) atoms. The van der Waals surface area contributed by atoms with Crippen LogP contribution in [0.1, 0.15) is 116 Å². The Bertz CT molecular complexity index is 5430. The summed E-state index contributed by atoms with van der Waals surface area (Å²) in [5, 5.41) is 99.5. The minimum absolute atomic E-state index is 0.0318. The number of imidazole rings is 1. The van der Waals surface area contributed by atoms with Gasteiger partial charge in [0.25, 0.3) is 0 Å². The molecule has 3 aliphatic heterocycles. The maximum Gasteiger partial charge on any atom is 0.325 e. The Hall–Kier alpha value is -15.6. The number of para-hydroxylation sites is 2. The average Bonchev–Trinajstić information content (AvgIpc) is 1.65. The molecule has 2 aromatic carbocycles. The Morgan fingerprint density at radius 1 is 0.586 bits per heavy atom. The second-order valence-electron chi connectivity index (χ2n) is 34.2. The van der Waals surface area contributed by atoms with E-state index in [-0.39, 0.29) is 76.7 Å². The molecule has 32 N–H and O–H groups in total. The van der Waals surface area contributed by atoms with Crippen molar-refractivity contribution in [2.45, 2.75) is 227 Å². The number of carbonyl (C=O) groups is 22. The highest BCUT2D eigenvalue weighted by Crippen LogP contribution is 2.25. The van der Waals surface area contributed by atoms with Crippen molar-refractivity contribution in [1.29, 1.82) is 5.41 Å². The lowest BCUT2D eigenvalue weighted by atomic mass is 9.99. The van der Waals surface area contributed by atoms with Crippen molar-refractivity contribution in [1.82, 2.24) is 120 Å². The molecule has 0 saturated carbocycles. The predicted molar refractivity (Wildman–Crippen MR) is 487 cm³/mol. The first-order chi connectivity index (χ1) is 66.2. The number of aliphatic carboxylic acids is 2. The van der Waals surface area contributed by atoms with Gasteiger partial charge in [0.1, 0.15) is 96.7 Å². The van der Waals surface area contributed by atoms with Crippen LogP contribution >= 0.6 is 0 Å². The number of fused-ring (bicyclic) bond motifs is 3. The van der Waals surface area contributed by atoms with Gasteiger partial charge in [0.15, 0.2) is 11.7 Å². The number of rotatable bonds is 38. The smallest absolute Gasteiger partial charge is 0.325 e. The number of carboxylic acid groups (broad SMARTS) is 2. The van der Waals surface area contributed by atoms with Crippen molar-refractivity contribution in [2.24, 2.45) is 23.1 Å². The van der Waals surface area contributed by atoms with E-state index in [1.165, 1.54) is 52.6 Å². The number of carboxylic acids is 2. The van der Waals surface area contributed by atoms with Gasteiger partial charge < -0.3 is 158 Å². The number of aromatic amines is 3. The van der Waals surface area contributed by atoms with Gasteiger partial charge in [-0.05, 0) is 95.4 Å². The zero-order valence-corrected chi connectivity index (χ0v) is 77.1. The van der Waals surface area contributed by atoms with Gasteiger partial charge in [-0.25, -0.2) is 4.98 Å². The van der Waals surface area contributed by atoms with E-state index >= 15 is 9.59 Å². The SMILES string of the molecule is CC(C)[C@H](NC(=O)[C@H](Cc1c[nH]c2ccccc12)NC(=O)C1CC(=O)C(N)C(=O)N[C@@H](CC(N)=O)C(=O)N[C@@H](Cc2c[nH]c3ccccc23)C(=O)NC(Cc2c[nH]cn2)C(=O)NCC(=O)NC([C@@H](C)O)C(=O)N[C@@H](C)C(=O)N2CCC[C@H]2C(=O)N1)C(=O)N[C@H](C(=O)NCC(=O)N[C@@H](CCCNC(=N)N)C(=O)NCC(=O)N[C@@H](CC(=O)O)C(=O)N[C@@H](CO)C(=O)N1CCC[C@H]1C(=O)N[C@@H](C)C(=O)O)[C@@H](C)O. The van der Waals surface area contributed by atoms with Gasteiger partial charge in [0.2, 0.25) is 112 Å². The monoisotopic (exact) mass is 1960 g/mol. The molecule has 3 aliphatic rings. The summed E-state index contributed by atoms with van der Waals surface area (Å²) in [5.41, 5.74) is 19.4. The van der Waals surface area contributed by atoms with Crippen LogP contribution in [0, 0.1) is 11.3 Å². The van der Waals surface area contributed by atoms with E-state index in [0.717, 1.165) is 23.6 Å². The van der Waals surface area contributed by atoms with Gasteiger partial charge in [0, 0.05) is 85.7 Å². The Kier molecular flexibility index (Phi) is 40.4. The molecular weight excluding hydrogens is 1840 g/mol. The highest BCUT2D eigenvalue weighted by Gasteiger charge is 2.45. The number of amides is 19. The molecule has 3 fully saturated rings. The maximum atomic E-state index is 15.4. The van der Waals surface area contributed by atoms with Crippen molar-refractivity contribution in [3.63, 3.8) is 0 Å². The summed E-state index contributed by atoms with van der Waals surface area (Å²) in [6.45, 7) is 3.04. The maximum absolute atomic E-state index is 15.4. The quantitative estimate of drug-likeness (QED) is 0.00755. The number of H-pyrrole nitrogens is 3. The summed E-state index contributed by atoms with van der Waals surface area (Å²) < 4.78 is 0. The van der Waals surface area contributed by atoms with Crippen LogP contribution in [-0.4, -0.2) is 346 Å². The van der Waals surface area contributed by atoms with E-state index in [4.69, 9.17) is 22.6 Å². The van der Waals surface area contributed by atoms with E-state index in [1.807, 2.05) is 0 Å². The van der Waals surface area contributed by atoms with E-state index in [2.05, 4.69) is 110 Å². The second-order valence-corrected chi connectivity index (χ2v) is 34.2. The van der Waals surface area contributed by atoms with Gasteiger partial charge in [-0.2, -0.15) is 0 Å².